The van der Waals surface area contributed by atoms with Crippen LogP contribution in [0.25, 0.3) is 11.1 Å². The van der Waals surface area contributed by atoms with Crippen molar-refractivity contribution < 1.29 is 9.13 Å². The van der Waals surface area contributed by atoms with E-state index in [0.717, 1.165) is 37.1 Å². The zero-order valence-corrected chi connectivity index (χ0v) is 18.2. The summed E-state index contributed by atoms with van der Waals surface area (Å²) < 4.78 is 22.0. The number of ether oxygens (including phenoxy) is 1. The van der Waals surface area contributed by atoms with Crippen molar-refractivity contribution in [2.75, 3.05) is 18.8 Å². The van der Waals surface area contributed by atoms with Gasteiger partial charge in [0.1, 0.15) is 11.9 Å². The smallest absolute Gasteiger partial charge is 0.166 e. The summed E-state index contributed by atoms with van der Waals surface area (Å²) in [5.41, 5.74) is 8.25. The van der Waals surface area contributed by atoms with Crippen LogP contribution in [-0.4, -0.2) is 34.0 Å². The lowest BCUT2D eigenvalue weighted by Gasteiger charge is -2.23. The van der Waals surface area contributed by atoms with Gasteiger partial charge in [-0.1, -0.05) is 23.2 Å². The third kappa shape index (κ3) is 4.33. The van der Waals surface area contributed by atoms with Gasteiger partial charge in [-0.3, -0.25) is 4.68 Å². The predicted octanol–water partition coefficient (Wildman–Crippen LogP) is 4.93. The number of aromatic nitrogens is 3. The summed E-state index contributed by atoms with van der Waals surface area (Å²) in [7, 11) is 0. The molecule has 0 saturated carbocycles. The van der Waals surface area contributed by atoms with Crippen LogP contribution in [0.1, 0.15) is 38.6 Å². The molecule has 1 atom stereocenters. The molecule has 0 amide bonds. The van der Waals surface area contributed by atoms with Crippen LogP contribution in [0.5, 0.6) is 5.75 Å². The number of nitrogens with two attached hydrogens (primary N) is 1. The number of pyridine rings is 1. The standard InChI is InChI=1S/C21H24Cl2FN5O/c1-12(19-16(22)2-3-17(24)20(19)23)30-18-8-13(9-27-21(18)25)14-10-28-29(11-14)15-4-6-26-7-5-15/h8-12,15,26H,2-7H2,1H3,(H2,25,27). The van der Waals surface area contributed by atoms with Crippen LogP contribution in [0, 0.1) is 0 Å². The molecule has 0 aromatic carbocycles. The van der Waals surface area contributed by atoms with Crippen molar-refractivity contribution in [1.82, 2.24) is 20.1 Å². The van der Waals surface area contributed by atoms with Crippen molar-refractivity contribution in [3.8, 4) is 16.9 Å². The molecule has 2 aromatic heterocycles. The summed E-state index contributed by atoms with van der Waals surface area (Å²) in [4.78, 5) is 4.27. The molecule has 1 saturated heterocycles. The quantitative estimate of drug-likeness (QED) is 0.673. The summed E-state index contributed by atoms with van der Waals surface area (Å²) in [5.74, 6) is 0.253. The van der Waals surface area contributed by atoms with E-state index in [9.17, 15) is 4.39 Å². The number of rotatable bonds is 5. The first-order valence-corrected chi connectivity index (χ1v) is 10.8. The highest BCUT2D eigenvalue weighted by atomic mass is 35.5. The van der Waals surface area contributed by atoms with E-state index in [1.165, 1.54) is 0 Å². The molecule has 3 heterocycles. The lowest BCUT2D eigenvalue weighted by molar-refractivity contribution is 0.259. The van der Waals surface area contributed by atoms with Crippen molar-refractivity contribution in [3.05, 3.63) is 46.1 Å². The van der Waals surface area contributed by atoms with Crippen LogP contribution in [-0.2, 0) is 0 Å². The third-order valence-corrected chi connectivity index (χ3v) is 6.34. The highest BCUT2D eigenvalue weighted by molar-refractivity contribution is 6.36. The van der Waals surface area contributed by atoms with Gasteiger partial charge in [0.15, 0.2) is 11.6 Å². The van der Waals surface area contributed by atoms with E-state index in [0.29, 0.717) is 28.8 Å². The molecule has 4 rings (SSSR count). The highest BCUT2D eigenvalue weighted by Crippen LogP contribution is 2.39. The molecule has 30 heavy (non-hydrogen) atoms. The molecule has 2 aromatic rings. The number of nitrogens with one attached hydrogen (secondary N) is 1. The normalized spacial score (nSPS) is 19.3. The molecular weight excluding hydrogens is 428 g/mol. The lowest BCUT2D eigenvalue weighted by Crippen LogP contribution is -2.29. The second kappa shape index (κ2) is 8.96. The molecule has 1 unspecified atom stereocenters. The maximum Gasteiger partial charge on any atom is 0.166 e. The Hall–Kier alpha value is -2.09. The first-order valence-electron chi connectivity index (χ1n) is 10.0. The SMILES string of the molecule is CC(Oc1cc(-c2cnn(C3CCNCC3)c2)cnc1N)C1=C(Cl)CCC(F)=C1Cl. The largest absolute Gasteiger partial charge is 0.482 e. The van der Waals surface area contributed by atoms with E-state index in [1.54, 1.807) is 13.1 Å². The molecule has 1 fully saturated rings. The molecule has 3 N–H and O–H groups in total. The van der Waals surface area contributed by atoms with Gasteiger partial charge in [0.25, 0.3) is 0 Å². The van der Waals surface area contributed by atoms with Crippen molar-refractivity contribution in [2.24, 2.45) is 0 Å². The van der Waals surface area contributed by atoms with Gasteiger partial charge in [-0.15, -0.1) is 0 Å². The Morgan fingerprint density at radius 3 is 2.77 bits per heavy atom. The first kappa shape index (κ1) is 21.2. The van der Waals surface area contributed by atoms with Crippen molar-refractivity contribution in [2.45, 2.75) is 44.8 Å². The Kier molecular flexibility index (Phi) is 6.32. The van der Waals surface area contributed by atoms with Gasteiger partial charge in [0.05, 0.1) is 17.3 Å². The molecule has 1 aliphatic carbocycles. The van der Waals surface area contributed by atoms with E-state index in [1.807, 2.05) is 23.1 Å². The second-order valence-corrected chi connectivity index (χ2v) is 8.43. The van der Waals surface area contributed by atoms with E-state index < -0.39 is 6.10 Å². The van der Waals surface area contributed by atoms with Gasteiger partial charge < -0.3 is 15.8 Å². The monoisotopic (exact) mass is 451 g/mol. The minimum atomic E-state index is -0.576. The zero-order valence-electron chi connectivity index (χ0n) is 16.7. The Morgan fingerprint density at radius 1 is 1.23 bits per heavy atom. The van der Waals surface area contributed by atoms with E-state index in [2.05, 4.69) is 15.4 Å². The fraction of sp³-hybridized carbons (Fsp3) is 0.429. The topological polar surface area (TPSA) is 78.0 Å². The average molecular weight is 452 g/mol. The summed E-state index contributed by atoms with van der Waals surface area (Å²) in [6, 6.07) is 2.20. The molecule has 6 nitrogen and oxygen atoms in total. The maximum absolute atomic E-state index is 14.0. The van der Waals surface area contributed by atoms with Crippen LogP contribution >= 0.6 is 23.2 Å². The highest BCUT2D eigenvalue weighted by Gasteiger charge is 2.26. The minimum absolute atomic E-state index is 0.0182. The van der Waals surface area contributed by atoms with Gasteiger partial charge in [-0.25, -0.2) is 9.37 Å². The van der Waals surface area contributed by atoms with Gasteiger partial charge in [-0.2, -0.15) is 5.10 Å². The molecule has 9 heteroatoms. The van der Waals surface area contributed by atoms with Gasteiger partial charge >= 0.3 is 0 Å². The number of halogens is 3. The fourth-order valence-electron chi connectivity index (χ4n) is 3.84. The third-order valence-electron chi connectivity index (χ3n) is 5.54. The Labute approximate surface area is 184 Å². The fourth-order valence-corrected chi connectivity index (χ4v) is 4.60. The maximum atomic E-state index is 14.0. The van der Waals surface area contributed by atoms with E-state index >= 15 is 0 Å². The van der Waals surface area contributed by atoms with Crippen LogP contribution in [0.2, 0.25) is 0 Å². The summed E-state index contributed by atoms with van der Waals surface area (Å²) in [6.45, 7) is 3.75. The molecule has 160 valence electrons. The number of anilines is 1. The van der Waals surface area contributed by atoms with Gasteiger partial charge in [0, 0.05) is 40.5 Å². The number of allylic oxidation sites excluding steroid dienone is 2. The molecule has 0 bridgehead atoms. The lowest BCUT2D eigenvalue weighted by atomic mass is 10.0. The van der Waals surface area contributed by atoms with E-state index in [4.69, 9.17) is 33.7 Å². The number of nitrogen functional groups attached to an aromatic ring is 1. The average Bonchev–Trinajstić information content (AvgIpc) is 3.24. The summed E-state index contributed by atoms with van der Waals surface area (Å²) in [6.07, 6.45) is 7.65. The molecule has 0 spiro atoms. The van der Waals surface area contributed by atoms with Gasteiger partial charge in [-0.05, 0) is 45.3 Å². The van der Waals surface area contributed by atoms with Crippen LogP contribution in [0.15, 0.2) is 46.1 Å². The number of hydrogen-bond donors (Lipinski definition) is 2. The zero-order chi connectivity index (χ0) is 21.3. The van der Waals surface area contributed by atoms with Crippen LogP contribution < -0.4 is 15.8 Å². The molecular formula is C21H24Cl2FN5O. The molecule has 2 aliphatic rings. The van der Waals surface area contributed by atoms with Crippen LogP contribution in [0.4, 0.5) is 10.2 Å². The second-order valence-electron chi connectivity index (χ2n) is 7.60. The Morgan fingerprint density at radius 2 is 2.00 bits per heavy atom. The summed E-state index contributed by atoms with van der Waals surface area (Å²) in [5, 5.41) is 8.41. The number of hydrogen-bond acceptors (Lipinski definition) is 5. The van der Waals surface area contributed by atoms with Crippen LogP contribution in [0.3, 0.4) is 0 Å². The van der Waals surface area contributed by atoms with Gasteiger partial charge in [0.2, 0.25) is 0 Å². The predicted molar refractivity (Wildman–Crippen MR) is 117 cm³/mol. The summed E-state index contributed by atoms with van der Waals surface area (Å²) >= 11 is 12.5. The Bertz CT molecular complexity index is 997. The van der Waals surface area contributed by atoms with Crippen molar-refractivity contribution >= 4 is 29.0 Å². The Balaban J connectivity index is 1.56. The van der Waals surface area contributed by atoms with E-state index in [-0.39, 0.29) is 23.1 Å². The number of piperidine rings is 1. The first-order chi connectivity index (χ1) is 14.4. The van der Waals surface area contributed by atoms with Crippen molar-refractivity contribution in [3.63, 3.8) is 0 Å². The minimum Gasteiger partial charge on any atom is -0.482 e. The number of nitrogens with zero attached hydrogens (tertiary/aromatic N) is 3. The molecule has 1 aliphatic heterocycles. The molecule has 0 radical (unpaired) electrons. The van der Waals surface area contributed by atoms with Crippen molar-refractivity contribution in [1.29, 1.82) is 0 Å².